The van der Waals surface area contributed by atoms with Gasteiger partial charge in [0.05, 0.1) is 0 Å². The highest BCUT2D eigenvalue weighted by atomic mass is 35.5. The predicted octanol–water partition coefficient (Wildman–Crippen LogP) is 4.60. The van der Waals surface area contributed by atoms with Crippen molar-refractivity contribution in [1.29, 1.82) is 0 Å². The number of nitrogens with one attached hydrogen (secondary N) is 1. The van der Waals surface area contributed by atoms with Crippen LogP contribution in [0.1, 0.15) is 28.3 Å². The van der Waals surface area contributed by atoms with E-state index >= 15 is 0 Å². The molecule has 0 aliphatic heterocycles. The van der Waals surface area contributed by atoms with E-state index in [0.717, 1.165) is 12.0 Å². The van der Waals surface area contributed by atoms with E-state index in [0.29, 0.717) is 10.6 Å². The van der Waals surface area contributed by atoms with Gasteiger partial charge in [0.2, 0.25) is 0 Å². The van der Waals surface area contributed by atoms with Gasteiger partial charge in [-0.3, -0.25) is 0 Å². The van der Waals surface area contributed by atoms with Crippen molar-refractivity contribution in [3.05, 3.63) is 69.5 Å². The van der Waals surface area contributed by atoms with Gasteiger partial charge in [0.1, 0.15) is 5.82 Å². The Morgan fingerprint density at radius 2 is 1.95 bits per heavy atom. The van der Waals surface area contributed by atoms with Gasteiger partial charge in [-0.05, 0) is 50.1 Å². The topological polar surface area (TPSA) is 12.0 Å². The summed E-state index contributed by atoms with van der Waals surface area (Å²) in [5, 5.41) is 3.74. The van der Waals surface area contributed by atoms with E-state index in [1.165, 1.54) is 17.2 Å². The summed E-state index contributed by atoms with van der Waals surface area (Å²) in [4.78, 5) is 0. The van der Waals surface area contributed by atoms with E-state index in [1.807, 2.05) is 13.1 Å². The van der Waals surface area contributed by atoms with Gasteiger partial charge in [-0.25, -0.2) is 4.39 Å². The first-order valence-electron chi connectivity index (χ1n) is 6.69. The van der Waals surface area contributed by atoms with Crippen molar-refractivity contribution in [3.8, 4) is 0 Å². The first kappa shape index (κ1) is 15.0. The van der Waals surface area contributed by atoms with E-state index in [9.17, 15) is 4.39 Å². The van der Waals surface area contributed by atoms with Crippen molar-refractivity contribution < 1.29 is 4.39 Å². The summed E-state index contributed by atoms with van der Waals surface area (Å²) in [6.07, 6.45) is 0.822. The minimum Gasteiger partial charge on any atom is -0.313 e. The number of benzene rings is 2. The number of rotatable bonds is 4. The van der Waals surface area contributed by atoms with Crippen LogP contribution in [0.2, 0.25) is 5.02 Å². The highest BCUT2D eigenvalue weighted by molar-refractivity contribution is 6.31. The largest absolute Gasteiger partial charge is 0.313 e. The molecule has 1 nitrogen and oxygen atoms in total. The minimum atomic E-state index is -0.260. The average Bonchev–Trinajstić information content (AvgIpc) is 2.40. The molecule has 2 aromatic carbocycles. The van der Waals surface area contributed by atoms with Gasteiger partial charge in [0, 0.05) is 11.1 Å². The standard InChI is InChI=1S/C17H19ClFN/c1-11-5-4-6-13(7-11)9-17(20-3)14-8-12(2)16(19)10-15(14)18/h4-8,10,17,20H,9H2,1-3H3. The second-order valence-corrected chi connectivity index (χ2v) is 5.56. The maximum Gasteiger partial charge on any atom is 0.127 e. The smallest absolute Gasteiger partial charge is 0.127 e. The predicted molar refractivity (Wildman–Crippen MR) is 82.8 cm³/mol. The second kappa shape index (κ2) is 6.38. The van der Waals surface area contributed by atoms with Gasteiger partial charge < -0.3 is 5.32 Å². The number of likely N-dealkylation sites (N-methyl/N-ethyl adjacent to an activating group) is 1. The Kier molecular flexibility index (Phi) is 4.79. The average molecular weight is 292 g/mol. The zero-order valence-corrected chi connectivity index (χ0v) is 12.8. The van der Waals surface area contributed by atoms with Gasteiger partial charge in [-0.15, -0.1) is 0 Å². The van der Waals surface area contributed by atoms with Gasteiger partial charge in [-0.1, -0.05) is 47.5 Å². The summed E-state index contributed by atoms with van der Waals surface area (Å²) in [5.41, 5.74) is 4.03. The van der Waals surface area contributed by atoms with Crippen LogP contribution in [0.4, 0.5) is 4.39 Å². The van der Waals surface area contributed by atoms with Crippen LogP contribution in [0.25, 0.3) is 0 Å². The molecule has 0 saturated heterocycles. The van der Waals surface area contributed by atoms with Crippen LogP contribution in [0, 0.1) is 19.7 Å². The fourth-order valence-electron chi connectivity index (χ4n) is 2.39. The molecule has 0 aliphatic carbocycles. The van der Waals surface area contributed by atoms with E-state index < -0.39 is 0 Å². The molecule has 0 amide bonds. The molecule has 1 atom stereocenters. The lowest BCUT2D eigenvalue weighted by Gasteiger charge is -2.19. The summed E-state index contributed by atoms with van der Waals surface area (Å²) >= 11 is 6.19. The van der Waals surface area contributed by atoms with Gasteiger partial charge >= 0.3 is 0 Å². The van der Waals surface area contributed by atoms with Crippen molar-refractivity contribution >= 4 is 11.6 Å². The molecule has 1 N–H and O–H groups in total. The Labute approximate surface area is 124 Å². The monoisotopic (exact) mass is 291 g/mol. The summed E-state index contributed by atoms with van der Waals surface area (Å²) in [5.74, 6) is -0.260. The van der Waals surface area contributed by atoms with Crippen molar-refractivity contribution in [2.75, 3.05) is 7.05 Å². The van der Waals surface area contributed by atoms with Crippen molar-refractivity contribution in [2.24, 2.45) is 0 Å². The normalized spacial score (nSPS) is 12.4. The molecule has 0 saturated carbocycles. The SMILES string of the molecule is CNC(Cc1cccc(C)c1)c1cc(C)c(F)cc1Cl. The van der Waals surface area contributed by atoms with E-state index in [2.05, 4.69) is 36.5 Å². The molecule has 0 spiro atoms. The van der Waals surface area contributed by atoms with Crippen molar-refractivity contribution in [1.82, 2.24) is 5.32 Å². The van der Waals surface area contributed by atoms with Crippen LogP contribution >= 0.6 is 11.6 Å². The maximum atomic E-state index is 13.5. The summed E-state index contributed by atoms with van der Waals surface area (Å²) in [6.45, 7) is 3.83. The third-order valence-corrected chi connectivity index (χ3v) is 3.85. The molecule has 106 valence electrons. The Hall–Kier alpha value is -1.38. The molecule has 0 radical (unpaired) electrons. The lowest BCUT2D eigenvalue weighted by Crippen LogP contribution is -2.19. The Bertz CT molecular complexity index is 610. The second-order valence-electron chi connectivity index (χ2n) is 5.16. The number of halogens is 2. The minimum absolute atomic E-state index is 0.0728. The molecule has 0 aromatic heterocycles. The number of hydrogen-bond acceptors (Lipinski definition) is 1. The molecule has 0 fully saturated rings. The highest BCUT2D eigenvalue weighted by Crippen LogP contribution is 2.28. The van der Waals surface area contributed by atoms with Crippen LogP contribution < -0.4 is 5.32 Å². The van der Waals surface area contributed by atoms with E-state index in [4.69, 9.17) is 11.6 Å². The molecule has 2 aromatic rings. The third-order valence-electron chi connectivity index (χ3n) is 3.52. The van der Waals surface area contributed by atoms with Gasteiger partial charge in [-0.2, -0.15) is 0 Å². The quantitative estimate of drug-likeness (QED) is 0.868. The summed E-state index contributed by atoms with van der Waals surface area (Å²) in [6, 6.07) is 11.7. The lowest BCUT2D eigenvalue weighted by atomic mass is 9.96. The highest BCUT2D eigenvalue weighted by Gasteiger charge is 2.15. The van der Waals surface area contributed by atoms with Crippen LogP contribution in [-0.2, 0) is 6.42 Å². The molecule has 0 bridgehead atoms. The third kappa shape index (κ3) is 3.38. The van der Waals surface area contributed by atoms with E-state index in [1.54, 1.807) is 6.92 Å². The molecule has 0 heterocycles. The number of aryl methyl sites for hydroxylation is 2. The zero-order valence-electron chi connectivity index (χ0n) is 12.0. The lowest BCUT2D eigenvalue weighted by molar-refractivity contribution is 0.583. The summed E-state index contributed by atoms with van der Waals surface area (Å²) < 4.78 is 13.5. The fraction of sp³-hybridized carbons (Fsp3) is 0.294. The molecule has 20 heavy (non-hydrogen) atoms. The Morgan fingerprint density at radius 1 is 1.20 bits per heavy atom. The first-order chi connectivity index (χ1) is 9.51. The van der Waals surface area contributed by atoms with Gasteiger partial charge in [0.15, 0.2) is 0 Å². The van der Waals surface area contributed by atoms with Crippen molar-refractivity contribution in [3.63, 3.8) is 0 Å². The molecule has 0 aliphatic rings. The van der Waals surface area contributed by atoms with Crippen LogP contribution in [0.3, 0.4) is 0 Å². The van der Waals surface area contributed by atoms with Crippen LogP contribution in [0.5, 0.6) is 0 Å². The molecule has 1 unspecified atom stereocenters. The van der Waals surface area contributed by atoms with Gasteiger partial charge in [0.25, 0.3) is 0 Å². The maximum absolute atomic E-state index is 13.5. The van der Waals surface area contributed by atoms with Crippen molar-refractivity contribution in [2.45, 2.75) is 26.3 Å². The summed E-state index contributed by atoms with van der Waals surface area (Å²) in [7, 11) is 1.90. The molecular formula is C17H19ClFN. The zero-order chi connectivity index (χ0) is 14.7. The number of hydrogen-bond donors (Lipinski definition) is 1. The molecule has 2 rings (SSSR count). The fourth-order valence-corrected chi connectivity index (χ4v) is 2.67. The van der Waals surface area contributed by atoms with Crippen LogP contribution in [0.15, 0.2) is 36.4 Å². The van der Waals surface area contributed by atoms with Crippen LogP contribution in [-0.4, -0.2) is 7.05 Å². The first-order valence-corrected chi connectivity index (χ1v) is 7.07. The Morgan fingerprint density at radius 3 is 2.60 bits per heavy atom. The Balaban J connectivity index is 2.31. The molecular weight excluding hydrogens is 273 g/mol. The van der Waals surface area contributed by atoms with E-state index in [-0.39, 0.29) is 11.9 Å². The molecule has 3 heteroatoms.